The van der Waals surface area contributed by atoms with Crippen LogP contribution in [0.3, 0.4) is 0 Å². The molecule has 5 rings (SSSR count). The highest BCUT2D eigenvalue weighted by atomic mass is 35.5. The fourth-order valence-corrected chi connectivity index (χ4v) is 4.11. The molecule has 1 fully saturated rings. The minimum Gasteiger partial charge on any atom is -0.378 e. The molecule has 0 aliphatic carbocycles. The highest BCUT2D eigenvalue weighted by molar-refractivity contribution is 6.33. The van der Waals surface area contributed by atoms with Crippen LogP contribution in [0.1, 0.15) is 10.4 Å². The van der Waals surface area contributed by atoms with Crippen LogP contribution in [0.15, 0.2) is 85.1 Å². The van der Waals surface area contributed by atoms with E-state index in [9.17, 15) is 9.59 Å². The maximum Gasteiger partial charge on any atom is 0.326 e. The van der Waals surface area contributed by atoms with Gasteiger partial charge in [-0.25, -0.2) is 9.78 Å². The first kappa shape index (κ1) is 26.0. The van der Waals surface area contributed by atoms with Gasteiger partial charge < -0.3 is 25.6 Å². The SMILES string of the molecule is O=C(NC(=O)c1ccccc1)Nc1ccccc1Nc1nc(Nc2ccc(N3CCOCC3)cc2)ncc1Cl. The van der Waals surface area contributed by atoms with Crippen LogP contribution in [0, 0.1) is 0 Å². The van der Waals surface area contributed by atoms with E-state index in [0.717, 1.165) is 37.7 Å². The number of hydrogen-bond acceptors (Lipinski definition) is 8. The molecule has 10 nitrogen and oxygen atoms in total. The van der Waals surface area contributed by atoms with E-state index in [4.69, 9.17) is 16.3 Å². The molecule has 1 aromatic heterocycles. The summed E-state index contributed by atoms with van der Waals surface area (Å²) in [6.45, 7) is 3.18. The van der Waals surface area contributed by atoms with Crippen molar-refractivity contribution in [1.29, 1.82) is 0 Å². The second-order valence-corrected chi connectivity index (χ2v) is 9.01. The molecule has 4 N–H and O–H groups in total. The average molecular weight is 544 g/mol. The summed E-state index contributed by atoms with van der Waals surface area (Å²) in [6.07, 6.45) is 1.49. The number of benzene rings is 3. The number of morpholine rings is 1. The predicted octanol–water partition coefficient (Wildman–Crippen LogP) is 5.42. The number of rotatable bonds is 7. The summed E-state index contributed by atoms with van der Waals surface area (Å²) in [5.41, 5.74) is 3.28. The Hall–Kier alpha value is -4.67. The summed E-state index contributed by atoms with van der Waals surface area (Å²) in [5, 5.41) is 11.6. The van der Waals surface area contributed by atoms with Crippen LogP contribution in [-0.4, -0.2) is 48.2 Å². The van der Waals surface area contributed by atoms with E-state index in [1.807, 2.05) is 24.3 Å². The van der Waals surface area contributed by atoms with E-state index in [1.54, 1.807) is 54.6 Å². The van der Waals surface area contributed by atoms with Gasteiger partial charge in [-0.15, -0.1) is 0 Å². The third-order valence-corrected chi connectivity index (χ3v) is 6.21. The van der Waals surface area contributed by atoms with Gasteiger partial charge in [0.15, 0.2) is 5.82 Å². The number of amides is 3. The predicted molar refractivity (Wildman–Crippen MR) is 152 cm³/mol. The Labute approximate surface area is 230 Å². The molecule has 3 aromatic carbocycles. The Morgan fingerprint density at radius 3 is 2.28 bits per heavy atom. The monoisotopic (exact) mass is 543 g/mol. The van der Waals surface area contributed by atoms with Gasteiger partial charge in [0, 0.05) is 30.0 Å². The van der Waals surface area contributed by atoms with Crippen LogP contribution in [0.4, 0.5) is 39.3 Å². The molecule has 4 aromatic rings. The molecule has 1 saturated heterocycles. The Balaban J connectivity index is 1.25. The number of halogens is 1. The average Bonchev–Trinajstić information content (AvgIpc) is 2.97. The molecular formula is C28H26ClN7O3. The van der Waals surface area contributed by atoms with Crippen LogP contribution >= 0.6 is 11.6 Å². The Morgan fingerprint density at radius 1 is 0.846 bits per heavy atom. The minimum atomic E-state index is -0.672. The molecule has 3 amide bonds. The summed E-state index contributed by atoms with van der Waals surface area (Å²) in [5.74, 6) is 0.179. The number of urea groups is 1. The van der Waals surface area contributed by atoms with Crippen LogP contribution in [0.25, 0.3) is 0 Å². The van der Waals surface area contributed by atoms with Crippen molar-refractivity contribution >= 4 is 58.1 Å². The van der Waals surface area contributed by atoms with Gasteiger partial charge in [0.05, 0.1) is 30.8 Å². The van der Waals surface area contributed by atoms with Crippen molar-refractivity contribution in [1.82, 2.24) is 15.3 Å². The smallest absolute Gasteiger partial charge is 0.326 e. The molecule has 0 saturated carbocycles. The molecule has 0 unspecified atom stereocenters. The molecule has 0 spiro atoms. The number of aromatic nitrogens is 2. The number of nitrogens with one attached hydrogen (secondary N) is 4. The third-order valence-electron chi connectivity index (χ3n) is 5.94. The molecule has 2 heterocycles. The lowest BCUT2D eigenvalue weighted by molar-refractivity contribution is 0.0967. The van der Waals surface area contributed by atoms with E-state index in [1.165, 1.54) is 6.20 Å². The van der Waals surface area contributed by atoms with Crippen molar-refractivity contribution in [2.75, 3.05) is 47.2 Å². The van der Waals surface area contributed by atoms with Gasteiger partial charge in [0.1, 0.15) is 5.02 Å². The zero-order chi connectivity index (χ0) is 27.0. The summed E-state index contributed by atoms with van der Waals surface area (Å²) >= 11 is 6.38. The maximum atomic E-state index is 12.5. The highest BCUT2D eigenvalue weighted by Gasteiger charge is 2.14. The Bertz CT molecular complexity index is 1450. The Kier molecular flexibility index (Phi) is 8.15. The fourth-order valence-electron chi connectivity index (χ4n) is 3.97. The Morgan fingerprint density at radius 2 is 1.54 bits per heavy atom. The van der Waals surface area contributed by atoms with E-state index < -0.39 is 11.9 Å². The number of hydrogen-bond donors (Lipinski definition) is 4. The van der Waals surface area contributed by atoms with E-state index in [-0.39, 0.29) is 0 Å². The van der Waals surface area contributed by atoms with Gasteiger partial charge in [0.2, 0.25) is 5.95 Å². The number of para-hydroxylation sites is 2. The minimum absolute atomic E-state index is 0.293. The number of nitrogens with zero attached hydrogens (tertiary/aromatic N) is 3. The van der Waals surface area contributed by atoms with Crippen molar-refractivity contribution in [3.63, 3.8) is 0 Å². The largest absolute Gasteiger partial charge is 0.378 e. The number of carbonyl (C=O) groups excluding carboxylic acids is 2. The van der Waals surface area contributed by atoms with Gasteiger partial charge in [0.25, 0.3) is 5.91 Å². The van der Waals surface area contributed by atoms with Crippen molar-refractivity contribution in [3.8, 4) is 0 Å². The molecule has 39 heavy (non-hydrogen) atoms. The first-order chi connectivity index (χ1) is 19.0. The van der Waals surface area contributed by atoms with Gasteiger partial charge in [-0.3, -0.25) is 10.1 Å². The fraction of sp³-hybridized carbons (Fsp3) is 0.143. The van der Waals surface area contributed by atoms with Gasteiger partial charge >= 0.3 is 6.03 Å². The van der Waals surface area contributed by atoms with Crippen molar-refractivity contribution in [2.24, 2.45) is 0 Å². The molecule has 0 bridgehead atoms. The van der Waals surface area contributed by atoms with Crippen LogP contribution in [-0.2, 0) is 4.74 Å². The van der Waals surface area contributed by atoms with E-state index in [0.29, 0.717) is 33.7 Å². The topological polar surface area (TPSA) is 121 Å². The molecule has 0 radical (unpaired) electrons. The van der Waals surface area contributed by atoms with Crippen LogP contribution in [0.2, 0.25) is 5.02 Å². The molecule has 1 aliphatic rings. The first-order valence-electron chi connectivity index (χ1n) is 12.3. The molecule has 1 aliphatic heterocycles. The first-order valence-corrected chi connectivity index (χ1v) is 12.7. The number of anilines is 6. The summed E-state index contributed by atoms with van der Waals surface area (Å²) < 4.78 is 5.42. The van der Waals surface area contributed by atoms with E-state index in [2.05, 4.69) is 36.1 Å². The lowest BCUT2D eigenvalue weighted by atomic mass is 10.2. The quantitative estimate of drug-likeness (QED) is 0.244. The van der Waals surface area contributed by atoms with E-state index >= 15 is 0 Å². The van der Waals surface area contributed by atoms with Gasteiger partial charge in [-0.05, 0) is 48.5 Å². The van der Waals surface area contributed by atoms with Gasteiger partial charge in [-0.1, -0.05) is 41.9 Å². The molecule has 11 heteroatoms. The lowest BCUT2D eigenvalue weighted by Gasteiger charge is -2.28. The summed E-state index contributed by atoms with van der Waals surface area (Å²) in [7, 11) is 0. The number of ether oxygens (including phenoxy) is 1. The van der Waals surface area contributed by atoms with Crippen molar-refractivity contribution < 1.29 is 14.3 Å². The second-order valence-electron chi connectivity index (χ2n) is 8.61. The third kappa shape index (κ3) is 6.81. The lowest BCUT2D eigenvalue weighted by Crippen LogP contribution is -2.36. The standard InChI is InChI=1S/C28H26ClN7O3/c29-22-18-30-27(31-20-10-12-21(13-11-20)36-14-16-39-17-15-36)34-25(22)32-23-8-4-5-9-24(23)33-28(38)35-26(37)19-6-2-1-3-7-19/h1-13,18H,14-17H2,(H2,30,31,32,34)(H2,33,35,37,38). The van der Waals surface area contributed by atoms with Crippen LogP contribution in [0.5, 0.6) is 0 Å². The zero-order valence-corrected chi connectivity index (χ0v) is 21.6. The zero-order valence-electron chi connectivity index (χ0n) is 20.9. The normalized spacial score (nSPS) is 12.9. The molecule has 198 valence electrons. The second kappa shape index (κ2) is 12.2. The summed E-state index contributed by atoms with van der Waals surface area (Å²) in [6, 6.07) is 22.8. The number of carbonyl (C=O) groups is 2. The molecular weight excluding hydrogens is 518 g/mol. The maximum absolute atomic E-state index is 12.5. The van der Waals surface area contributed by atoms with Crippen LogP contribution < -0.4 is 26.2 Å². The number of imide groups is 1. The highest BCUT2D eigenvalue weighted by Crippen LogP contribution is 2.29. The van der Waals surface area contributed by atoms with Gasteiger partial charge in [-0.2, -0.15) is 4.98 Å². The van der Waals surface area contributed by atoms with Crippen molar-refractivity contribution in [3.05, 3.63) is 95.6 Å². The molecule has 0 atom stereocenters. The van der Waals surface area contributed by atoms with Crippen molar-refractivity contribution in [2.45, 2.75) is 0 Å². The summed E-state index contributed by atoms with van der Waals surface area (Å²) in [4.78, 5) is 35.9.